The standard InChI is InChI=1S/C15H20N4O/c1-20-15-5-3-2-4-12(15)18-13(8-16)14-9-17-10-19(14)11-6-7-11/h2-5,9-11,13,18H,6-8,16H2,1H3. The van der Waals surface area contributed by atoms with Crippen molar-refractivity contribution in [3.05, 3.63) is 42.5 Å². The molecule has 0 aliphatic heterocycles. The van der Waals surface area contributed by atoms with Crippen LogP contribution in [0.5, 0.6) is 5.75 Å². The van der Waals surface area contributed by atoms with Crippen LogP contribution in [0.15, 0.2) is 36.8 Å². The van der Waals surface area contributed by atoms with Crippen LogP contribution in [0.25, 0.3) is 0 Å². The Kier molecular flexibility index (Phi) is 3.60. The Balaban J connectivity index is 1.84. The summed E-state index contributed by atoms with van der Waals surface area (Å²) >= 11 is 0. The molecule has 106 valence electrons. The first-order chi connectivity index (χ1) is 9.83. The molecule has 1 atom stereocenters. The lowest BCUT2D eigenvalue weighted by atomic mass is 10.2. The first kappa shape index (κ1) is 13.0. The van der Waals surface area contributed by atoms with Crippen molar-refractivity contribution in [3.63, 3.8) is 0 Å². The van der Waals surface area contributed by atoms with Crippen molar-refractivity contribution in [1.29, 1.82) is 0 Å². The van der Waals surface area contributed by atoms with Crippen molar-refractivity contribution in [3.8, 4) is 5.75 Å². The normalized spacial score (nSPS) is 15.9. The zero-order valence-corrected chi connectivity index (χ0v) is 11.6. The van der Waals surface area contributed by atoms with Crippen molar-refractivity contribution >= 4 is 5.69 Å². The minimum Gasteiger partial charge on any atom is -0.495 e. The third-order valence-electron chi connectivity index (χ3n) is 3.67. The van der Waals surface area contributed by atoms with Gasteiger partial charge in [-0.15, -0.1) is 0 Å². The summed E-state index contributed by atoms with van der Waals surface area (Å²) < 4.78 is 7.61. The maximum atomic E-state index is 5.95. The van der Waals surface area contributed by atoms with Crippen LogP contribution < -0.4 is 15.8 Å². The highest BCUT2D eigenvalue weighted by Gasteiger charge is 2.27. The number of methoxy groups -OCH3 is 1. The maximum Gasteiger partial charge on any atom is 0.141 e. The van der Waals surface area contributed by atoms with Crippen LogP contribution in [0.4, 0.5) is 5.69 Å². The number of nitrogens with one attached hydrogen (secondary N) is 1. The van der Waals surface area contributed by atoms with Crippen LogP contribution in [0.3, 0.4) is 0 Å². The zero-order valence-electron chi connectivity index (χ0n) is 11.6. The molecule has 1 aliphatic rings. The molecule has 1 fully saturated rings. The first-order valence-electron chi connectivity index (χ1n) is 6.95. The number of imidazole rings is 1. The van der Waals surface area contributed by atoms with Gasteiger partial charge < -0.3 is 20.4 Å². The molecule has 0 saturated heterocycles. The SMILES string of the molecule is COc1ccccc1NC(CN)c1cncn1C1CC1. The Morgan fingerprint density at radius 2 is 2.25 bits per heavy atom. The van der Waals surface area contributed by atoms with Gasteiger partial charge in [-0.3, -0.25) is 0 Å². The molecular weight excluding hydrogens is 252 g/mol. The van der Waals surface area contributed by atoms with Crippen LogP contribution in [0.1, 0.15) is 30.6 Å². The lowest BCUT2D eigenvalue weighted by molar-refractivity contribution is 0.416. The van der Waals surface area contributed by atoms with E-state index in [2.05, 4.69) is 14.9 Å². The Bertz CT molecular complexity index is 577. The maximum absolute atomic E-state index is 5.95. The summed E-state index contributed by atoms with van der Waals surface area (Å²) in [6, 6.07) is 8.51. The van der Waals surface area contributed by atoms with Crippen molar-refractivity contribution in [2.24, 2.45) is 5.73 Å². The van der Waals surface area contributed by atoms with E-state index in [1.165, 1.54) is 12.8 Å². The molecule has 0 radical (unpaired) electrons. The van der Waals surface area contributed by atoms with E-state index in [1.807, 2.05) is 36.8 Å². The minimum atomic E-state index is 0.0365. The number of para-hydroxylation sites is 2. The van der Waals surface area contributed by atoms with E-state index in [0.29, 0.717) is 12.6 Å². The second-order valence-corrected chi connectivity index (χ2v) is 5.09. The van der Waals surface area contributed by atoms with Gasteiger partial charge in [0.1, 0.15) is 5.75 Å². The molecule has 2 aromatic rings. The van der Waals surface area contributed by atoms with Crippen LogP contribution in [-0.4, -0.2) is 23.2 Å². The van der Waals surface area contributed by atoms with Gasteiger partial charge >= 0.3 is 0 Å². The average molecular weight is 272 g/mol. The largest absolute Gasteiger partial charge is 0.495 e. The van der Waals surface area contributed by atoms with Crippen molar-refractivity contribution < 1.29 is 4.74 Å². The van der Waals surface area contributed by atoms with Gasteiger partial charge in [0.15, 0.2) is 0 Å². The topological polar surface area (TPSA) is 65.1 Å². The molecule has 1 aliphatic carbocycles. The summed E-state index contributed by atoms with van der Waals surface area (Å²) in [6.45, 7) is 0.510. The molecule has 0 bridgehead atoms. The fraction of sp³-hybridized carbons (Fsp3) is 0.400. The number of benzene rings is 1. The summed E-state index contributed by atoms with van der Waals surface area (Å²) in [7, 11) is 1.67. The molecule has 0 spiro atoms. The summed E-state index contributed by atoms with van der Waals surface area (Å²) in [5, 5.41) is 3.46. The number of hydrogen-bond acceptors (Lipinski definition) is 4. The molecule has 1 saturated carbocycles. The highest BCUT2D eigenvalue weighted by molar-refractivity contribution is 5.57. The summed E-state index contributed by atoms with van der Waals surface area (Å²) in [5.41, 5.74) is 8.04. The van der Waals surface area contributed by atoms with Gasteiger partial charge in [-0.2, -0.15) is 0 Å². The van der Waals surface area contributed by atoms with Crippen LogP contribution >= 0.6 is 0 Å². The summed E-state index contributed by atoms with van der Waals surface area (Å²) in [5.74, 6) is 0.823. The van der Waals surface area contributed by atoms with Gasteiger partial charge in [-0.25, -0.2) is 4.98 Å². The van der Waals surface area contributed by atoms with Crippen LogP contribution in [-0.2, 0) is 0 Å². The molecule has 1 aromatic carbocycles. The van der Waals surface area contributed by atoms with Gasteiger partial charge in [-0.1, -0.05) is 12.1 Å². The number of anilines is 1. The van der Waals surface area contributed by atoms with E-state index in [9.17, 15) is 0 Å². The van der Waals surface area contributed by atoms with E-state index in [4.69, 9.17) is 10.5 Å². The number of nitrogens with zero attached hydrogens (tertiary/aromatic N) is 2. The smallest absolute Gasteiger partial charge is 0.141 e. The van der Waals surface area contributed by atoms with Gasteiger partial charge in [0.2, 0.25) is 0 Å². The van der Waals surface area contributed by atoms with Gasteiger partial charge in [-0.05, 0) is 25.0 Å². The second kappa shape index (κ2) is 5.54. The Hall–Kier alpha value is -2.01. The summed E-state index contributed by atoms with van der Waals surface area (Å²) in [6.07, 6.45) is 6.27. The Morgan fingerprint density at radius 3 is 2.95 bits per heavy atom. The number of ether oxygens (including phenoxy) is 1. The molecule has 5 heteroatoms. The molecule has 3 N–H and O–H groups in total. The lowest BCUT2D eigenvalue weighted by Gasteiger charge is -2.21. The van der Waals surface area contributed by atoms with E-state index in [-0.39, 0.29) is 6.04 Å². The highest BCUT2D eigenvalue weighted by Crippen LogP contribution is 2.37. The number of rotatable bonds is 6. The van der Waals surface area contributed by atoms with Crippen molar-refractivity contribution in [2.45, 2.75) is 24.9 Å². The number of nitrogens with two attached hydrogens (primary N) is 1. The van der Waals surface area contributed by atoms with Crippen molar-refractivity contribution in [2.75, 3.05) is 19.0 Å². The van der Waals surface area contributed by atoms with Crippen LogP contribution in [0, 0.1) is 0 Å². The molecule has 20 heavy (non-hydrogen) atoms. The lowest BCUT2D eigenvalue weighted by Crippen LogP contribution is -2.23. The van der Waals surface area contributed by atoms with E-state index < -0.39 is 0 Å². The Labute approximate surface area is 118 Å². The predicted molar refractivity (Wildman–Crippen MR) is 78.9 cm³/mol. The van der Waals surface area contributed by atoms with Gasteiger partial charge in [0.25, 0.3) is 0 Å². The van der Waals surface area contributed by atoms with Crippen LogP contribution in [0.2, 0.25) is 0 Å². The molecule has 1 aromatic heterocycles. The predicted octanol–water partition coefficient (Wildman–Crippen LogP) is 2.34. The zero-order chi connectivity index (χ0) is 13.9. The summed E-state index contributed by atoms with van der Waals surface area (Å²) in [4.78, 5) is 4.27. The van der Waals surface area contributed by atoms with Crippen molar-refractivity contribution in [1.82, 2.24) is 9.55 Å². The highest BCUT2D eigenvalue weighted by atomic mass is 16.5. The first-order valence-corrected chi connectivity index (χ1v) is 6.95. The molecule has 1 unspecified atom stereocenters. The third-order valence-corrected chi connectivity index (χ3v) is 3.67. The Morgan fingerprint density at radius 1 is 1.45 bits per heavy atom. The average Bonchev–Trinajstić information content (AvgIpc) is 3.23. The van der Waals surface area contributed by atoms with Gasteiger partial charge in [0.05, 0.1) is 37.1 Å². The molecule has 5 nitrogen and oxygen atoms in total. The van der Waals surface area contributed by atoms with E-state index in [0.717, 1.165) is 17.1 Å². The third kappa shape index (κ3) is 2.49. The second-order valence-electron chi connectivity index (χ2n) is 5.09. The molecular formula is C15H20N4O. The molecule has 0 amide bonds. The fourth-order valence-corrected chi connectivity index (χ4v) is 2.45. The van der Waals surface area contributed by atoms with E-state index in [1.54, 1.807) is 7.11 Å². The molecule has 3 rings (SSSR count). The quantitative estimate of drug-likeness (QED) is 0.847. The van der Waals surface area contributed by atoms with Gasteiger partial charge in [0, 0.05) is 12.6 Å². The minimum absolute atomic E-state index is 0.0365. The fourth-order valence-electron chi connectivity index (χ4n) is 2.45. The number of aromatic nitrogens is 2. The monoisotopic (exact) mass is 272 g/mol. The molecule has 1 heterocycles. The number of hydrogen-bond donors (Lipinski definition) is 2. The van der Waals surface area contributed by atoms with E-state index >= 15 is 0 Å².